The van der Waals surface area contributed by atoms with Gasteiger partial charge >= 0.3 is 0 Å². The van der Waals surface area contributed by atoms with Crippen molar-refractivity contribution in [2.75, 3.05) is 6.54 Å². The summed E-state index contributed by atoms with van der Waals surface area (Å²) in [5.74, 6) is 1.13. The van der Waals surface area contributed by atoms with E-state index in [1.165, 1.54) is 12.8 Å². The normalized spacial score (nSPS) is 20.8. The Morgan fingerprint density at radius 2 is 2.15 bits per heavy atom. The van der Waals surface area contributed by atoms with Crippen LogP contribution >= 0.6 is 0 Å². The van der Waals surface area contributed by atoms with Gasteiger partial charge in [0.15, 0.2) is 0 Å². The Labute approximate surface area is 157 Å². The minimum absolute atomic E-state index is 0.0566. The van der Waals surface area contributed by atoms with Crippen LogP contribution in [0.2, 0.25) is 0 Å². The molecule has 1 N–H and O–H groups in total. The number of carbonyl (C=O) groups is 1. The highest BCUT2D eigenvalue weighted by atomic mass is 16.5. The largest absolute Gasteiger partial charge is 0.488 e. The second kappa shape index (κ2) is 6.11. The fraction of sp³-hybridized carbons (Fsp3) is 0.450. The molecule has 1 aliphatic heterocycles. The minimum atomic E-state index is -0.0566. The minimum Gasteiger partial charge on any atom is -0.488 e. The molecule has 2 fully saturated rings. The molecule has 7 nitrogen and oxygen atoms in total. The summed E-state index contributed by atoms with van der Waals surface area (Å²) in [5.41, 5.74) is 4.07. The van der Waals surface area contributed by atoms with Gasteiger partial charge < -0.3 is 14.6 Å². The molecule has 1 saturated carbocycles. The zero-order valence-corrected chi connectivity index (χ0v) is 15.6. The average Bonchev–Trinajstić information content (AvgIpc) is 3.04. The van der Waals surface area contributed by atoms with Crippen LogP contribution in [0.25, 0.3) is 22.2 Å². The molecule has 0 radical (unpaired) electrons. The molecule has 3 aromatic rings. The first-order chi connectivity index (χ1) is 13.1. The quantitative estimate of drug-likeness (QED) is 0.754. The molecule has 5 rings (SSSR count). The van der Waals surface area contributed by atoms with E-state index in [1.54, 1.807) is 4.68 Å². The van der Waals surface area contributed by atoms with E-state index in [0.717, 1.165) is 27.9 Å². The molecule has 7 heteroatoms. The van der Waals surface area contributed by atoms with Crippen molar-refractivity contribution in [1.29, 1.82) is 0 Å². The highest BCUT2D eigenvalue weighted by molar-refractivity contribution is 5.88. The maximum absolute atomic E-state index is 11.6. The number of amides is 1. The second-order valence-electron chi connectivity index (χ2n) is 7.72. The van der Waals surface area contributed by atoms with Crippen molar-refractivity contribution >= 4 is 16.9 Å². The fourth-order valence-corrected chi connectivity index (χ4v) is 3.85. The maximum atomic E-state index is 11.6. The van der Waals surface area contributed by atoms with Gasteiger partial charge in [0.25, 0.3) is 0 Å². The number of fused-ring (bicyclic) bond motifs is 1. The summed E-state index contributed by atoms with van der Waals surface area (Å²) in [5, 5.41) is 7.18. The smallest absolute Gasteiger partial charge is 0.220 e. The van der Waals surface area contributed by atoms with Gasteiger partial charge in [0.1, 0.15) is 17.4 Å². The van der Waals surface area contributed by atoms with Gasteiger partial charge in [-0.25, -0.2) is 4.98 Å². The monoisotopic (exact) mass is 365 g/mol. The van der Waals surface area contributed by atoms with Crippen LogP contribution in [-0.4, -0.2) is 37.9 Å². The Morgan fingerprint density at radius 1 is 1.30 bits per heavy atom. The number of rotatable bonds is 5. The topological polar surface area (TPSA) is 74.0 Å². The molecule has 1 unspecified atom stereocenters. The summed E-state index contributed by atoms with van der Waals surface area (Å²) < 4.78 is 10.5. The average molecular weight is 365 g/mol. The van der Waals surface area contributed by atoms with Crippen molar-refractivity contribution in [2.45, 2.75) is 38.3 Å². The van der Waals surface area contributed by atoms with Crippen LogP contribution in [-0.2, 0) is 11.8 Å². The number of aryl methyl sites for hydroxylation is 1. The molecular weight excluding hydrogens is 342 g/mol. The predicted molar refractivity (Wildman–Crippen MR) is 101 cm³/mol. The van der Waals surface area contributed by atoms with Gasteiger partial charge in [0, 0.05) is 43.7 Å². The number of carbonyl (C=O) groups excluding carboxylic acids is 1. The molecule has 2 aliphatic rings. The molecule has 3 heterocycles. The standard InChI is InChI=1S/C20H23N5O2/c1-12(14-7-19(26)21-8-14)27-18-6-13(15-9-23-24(2)10-15)5-17-20(18)25(11-22-17)16-3-4-16/h5-6,9-12,14,16H,3-4,7-8H2,1-2H3,(H,21,26)/t12-,14?/m1/s1. The predicted octanol–water partition coefficient (Wildman–Crippen LogP) is 2.68. The summed E-state index contributed by atoms with van der Waals surface area (Å²) in [6.07, 6.45) is 8.61. The lowest BCUT2D eigenvalue weighted by atomic mass is 10.0. The second-order valence-corrected chi connectivity index (χ2v) is 7.72. The van der Waals surface area contributed by atoms with Gasteiger partial charge in [-0.15, -0.1) is 0 Å². The Kier molecular flexibility index (Phi) is 3.70. The van der Waals surface area contributed by atoms with Gasteiger partial charge in [-0.3, -0.25) is 9.48 Å². The summed E-state index contributed by atoms with van der Waals surface area (Å²) in [6.45, 7) is 2.72. The van der Waals surface area contributed by atoms with Crippen LogP contribution in [0.4, 0.5) is 0 Å². The first kappa shape index (κ1) is 16.4. The Bertz CT molecular complexity index is 1020. The number of hydrogen-bond acceptors (Lipinski definition) is 4. The Balaban J connectivity index is 1.56. The van der Waals surface area contributed by atoms with Gasteiger partial charge in [-0.05, 0) is 37.5 Å². The zero-order valence-electron chi connectivity index (χ0n) is 15.6. The van der Waals surface area contributed by atoms with Crippen LogP contribution in [0.5, 0.6) is 5.75 Å². The van der Waals surface area contributed by atoms with E-state index in [1.807, 2.05) is 32.7 Å². The fourth-order valence-electron chi connectivity index (χ4n) is 3.85. The van der Waals surface area contributed by atoms with Crippen molar-refractivity contribution < 1.29 is 9.53 Å². The molecule has 140 valence electrons. The van der Waals surface area contributed by atoms with E-state index in [4.69, 9.17) is 4.74 Å². The third-order valence-corrected chi connectivity index (χ3v) is 5.60. The van der Waals surface area contributed by atoms with E-state index in [2.05, 4.69) is 32.1 Å². The van der Waals surface area contributed by atoms with Gasteiger partial charge in [0.05, 0.1) is 18.0 Å². The zero-order chi connectivity index (χ0) is 18.5. The van der Waals surface area contributed by atoms with Gasteiger partial charge in [-0.1, -0.05) is 0 Å². The molecule has 1 saturated heterocycles. The molecule has 1 aliphatic carbocycles. The summed E-state index contributed by atoms with van der Waals surface area (Å²) in [4.78, 5) is 16.2. The van der Waals surface area contributed by atoms with E-state index in [9.17, 15) is 4.79 Å². The van der Waals surface area contributed by atoms with Crippen molar-refractivity contribution in [2.24, 2.45) is 13.0 Å². The third-order valence-electron chi connectivity index (χ3n) is 5.60. The molecule has 1 aromatic carbocycles. The molecular formula is C20H23N5O2. The van der Waals surface area contributed by atoms with Crippen LogP contribution < -0.4 is 10.1 Å². The first-order valence-electron chi connectivity index (χ1n) is 9.51. The molecule has 2 aromatic heterocycles. The Morgan fingerprint density at radius 3 is 2.81 bits per heavy atom. The number of imidazole rings is 1. The molecule has 0 spiro atoms. The molecule has 2 atom stereocenters. The number of ether oxygens (including phenoxy) is 1. The van der Waals surface area contributed by atoms with Crippen LogP contribution in [0.3, 0.4) is 0 Å². The molecule has 1 amide bonds. The Hall–Kier alpha value is -2.83. The van der Waals surface area contributed by atoms with Gasteiger partial charge in [-0.2, -0.15) is 5.10 Å². The van der Waals surface area contributed by atoms with Crippen molar-refractivity contribution in [3.05, 3.63) is 30.9 Å². The van der Waals surface area contributed by atoms with Crippen LogP contribution in [0.1, 0.15) is 32.2 Å². The van der Waals surface area contributed by atoms with Gasteiger partial charge in [0.2, 0.25) is 5.91 Å². The van der Waals surface area contributed by atoms with Crippen molar-refractivity contribution in [3.63, 3.8) is 0 Å². The van der Waals surface area contributed by atoms with Crippen LogP contribution in [0, 0.1) is 5.92 Å². The maximum Gasteiger partial charge on any atom is 0.220 e. The highest BCUT2D eigenvalue weighted by Crippen LogP contribution is 2.41. The number of aromatic nitrogens is 4. The number of nitrogens with one attached hydrogen (secondary N) is 1. The number of benzene rings is 1. The third kappa shape index (κ3) is 2.97. The van der Waals surface area contributed by atoms with Crippen molar-refractivity contribution in [1.82, 2.24) is 24.6 Å². The summed E-state index contributed by atoms with van der Waals surface area (Å²) in [6, 6.07) is 4.70. The van der Waals surface area contributed by atoms with E-state index in [-0.39, 0.29) is 17.9 Å². The lowest BCUT2D eigenvalue weighted by Gasteiger charge is -2.21. The highest BCUT2D eigenvalue weighted by Gasteiger charge is 2.30. The molecule has 0 bridgehead atoms. The lowest BCUT2D eigenvalue weighted by Crippen LogP contribution is -2.25. The number of nitrogens with zero attached hydrogens (tertiary/aromatic N) is 4. The lowest BCUT2D eigenvalue weighted by molar-refractivity contribution is -0.119. The van der Waals surface area contributed by atoms with E-state index >= 15 is 0 Å². The first-order valence-corrected chi connectivity index (χ1v) is 9.51. The molecule has 27 heavy (non-hydrogen) atoms. The summed E-state index contributed by atoms with van der Waals surface area (Å²) >= 11 is 0. The summed E-state index contributed by atoms with van der Waals surface area (Å²) in [7, 11) is 1.91. The van der Waals surface area contributed by atoms with Crippen LogP contribution in [0.15, 0.2) is 30.9 Å². The van der Waals surface area contributed by atoms with E-state index < -0.39 is 0 Å². The van der Waals surface area contributed by atoms with Crippen molar-refractivity contribution in [3.8, 4) is 16.9 Å². The SMILES string of the molecule is C[C@@H](Oc1cc(-c2cnn(C)c2)cc2ncn(C3CC3)c12)C1CNC(=O)C1. The van der Waals surface area contributed by atoms with E-state index in [0.29, 0.717) is 19.0 Å². The number of hydrogen-bond donors (Lipinski definition) is 1.